The standard InChI is InChI=1S/C15H21Cl2N3O/c1-2-20(10-11-5-7-18-8-6-11)15(21)19-12-3-4-13(16)14(17)9-12/h3-4,9,11,18H,2,5-8,10H2,1H3,(H,19,21). The number of carbonyl (C=O) groups excluding carboxylic acids is 1. The van der Waals surface area contributed by atoms with Gasteiger partial charge < -0.3 is 15.5 Å². The van der Waals surface area contributed by atoms with Crippen molar-refractivity contribution in [1.29, 1.82) is 0 Å². The Labute approximate surface area is 135 Å². The lowest BCUT2D eigenvalue weighted by Crippen LogP contribution is -2.41. The maximum absolute atomic E-state index is 12.3. The third kappa shape index (κ3) is 4.77. The lowest BCUT2D eigenvalue weighted by molar-refractivity contribution is 0.196. The summed E-state index contributed by atoms with van der Waals surface area (Å²) in [5.74, 6) is 0.575. The van der Waals surface area contributed by atoms with Gasteiger partial charge in [0.2, 0.25) is 0 Å². The molecule has 0 unspecified atom stereocenters. The van der Waals surface area contributed by atoms with E-state index in [1.165, 1.54) is 0 Å². The second-order valence-electron chi connectivity index (χ2n) is 5.29. The van der Waals surface area contributed by atoms with E-state index in [1.54, 1.807) is 18.2 Å². The molecule has 0 aromatic heterocycles. The van der Waals surface area contributed by atoms with Crippen LogP contribution in [0.3, 0.4) is 0 Å². The highest BCUT2D eigenvalue weighted by atomic mass is 35.5. The molecule has 0 saturated carbocycles. The average molecular weight is 330 g/mol. The van der Waals surface area contributed by atoms with Crippen molar-refractivity contribution in [3.05, 3.63) is 28.2 Å². The molecular weight excluding hydrogens is 309 g/mol. The number of nitrogens with one attached hydrogen (secondary N) is 2. The van der Waals surface area contributed by atoms with Crippen molar-refractivity contribution in [1.82, 2.24) is 10.2 Å². The van der Waals surface area contributed by atoms with Gasteiger partial charge in [0.25, 0.3) is 0 Å². The van der Waals surface area contributed by atoms with Crippen LogP contribution in [0.25, 0.3) is 0 Å². The predicted molar refractivity (Wildman–Crippen MR) is 88.3 cm³/mol. The SMILES string of the molecule is CCN(CC1CCNCC1)C(=O)Nc1ccc(Cl)c(Cl)c1. The van der Waals surface area contributed by atoms with E-state index in [2.05, 4.69) is 10.6 Å². The molecule has 2 amide bonds. The second-order valence-corrected chi connectivity index (χ2v) is 6.11. The van der Waals surface area contributed by atoms with Crippen LogP contribution in [0, 0.1) is 5.92 Å². The van der Waals surface area contributed by atoms with Gasteiger partial charge in [-0.1, -0.05) is 23.2 Å². The summed E-state index contributed by atoms with van der Waals surface area (Å²) in [5.41, 5.74) is 0.665. The van der Waals surface area contributed by atoms with Gasteiger partial charge in [-0.25, -0.2) is 4.79 Å². The fourth-order valence-corrected chi connectivity index (χ4v) is 2.81. The molecule has 1 saturated heterocycles. The van der Waals surface area contributed by atoms with Gasteiger partial charge >= 0.3 is 6.03 Å². The van der Waals surface area contributed by atoms with Crippen molar-refractivity contribution < 1.29 is 4.79 Å². The maximum Gasteiger partial charge on any atom is 0.321 e. The molecule has 0 spiro atoms. The minimum atomic E-state index is -0.0885. The van der Waals surface area contributed by atoms with Crippen LogP contribution in [0.1, 0.15) is 19.8 Å². The van der Waals surface area contributed by atoms with Gasteiger partial charge in [-0.15, -0.1) is 0 Å². The number of hydrogen-bond donors (Lipinski definition) is 2. The minimum absolute atomic E-state index is 0.0885. The van der Waals surface area contributed by atoms with Gasteiger partial charge in [0, 0.05) is 18.8 Å². The Morgan fingerprint density at radius 2 is 2.05 bits per heavy atom. The fraction of sp³-hybridized carbons (Fsp3) is 0.533. The summed E-state index contributed by atoms with van der Waals surface area (Å²) in [4.78, 5) is 14.2. The topological polar surface area (TPSA) is 44.4 Å². The third-order valence-electron chi connectivity index (χ3n) is 3.78. The number of halogens is 2. The van der Waals surface area contributed by atoms with Crippen molar-refractivity contribution in [2.45, 2.75) is 19.8 Å². The molecule has 2 N–H and O–H groups in total. The molecule has 21 heavy (non-hydrogen) atoms. The summed E-state index contributed by atoms with van der Waals surface area (Å²) in [7, 11) is 0. The number of carbonyl (C=O) groups is 1. The normalized spacial score (nSPS) is 15.8. The van der Waals surface area contributed by atoms with Crippen molar-refractivity contribution in [2.75, 3.05) is 31.5 Å². The first-order valence-electron chi connectivity index (χ1n) is 7.32. The molecule has 0 aliphatic carbocycles. The highest BCUT2D eigenvalue weighted by molar-refractivity contribution is 6.42. The van der Waals surface area contributed by atoms with Crippen LogP contribution in [0.15, 0.2) is 18.2 Å². The number of hydrogen-bond acceptors (Lipinski definition) is 2. The number of anilines is 1. The van der Waals surface area contributed by atoms with Crippen molar-refractivity contribution >= 4 is 34.9 Å². The van der Waals surface area contributed by atoms with Gasteiger partial charge in [-0.3, -0.25) is 0 Å². The molecule has 1 aliphatic rings. The fourth-order valence-electron chi connectivity index (χ4n) is 2.51. The lowest BCUT2D eigenvalue weighted by atomic mass is 9.98. The second kappa shape index (κ2) is 7.87. The first-order chi connectivity index (χ1) is 10.1. The molecule has 4 nitrogen and oxygen atoms in total. The zero-order valence-electron chi connectivity index (χ0n) is 12.2. The molecule has 1 fully saturated rings. The van der Waals surface area contributed by atoms with Crippen LogP contribution >= 0.6 is 23.2 Å². The molecule has 0 radical (unpaired) electrons. The Morgan fingerprint density at radius 1 is 1.33 bits per heavy atom. The number of piperidine rings is 1. The van der Waals surface area contributed by atoms with Crippen LogP contribution in [-0.4, -0.2) is 37.1 Å². The summed E-state index contributed by atoms with van der Waals surface area (Å²) >= 11 is 11.8. The van der Waals surface area contributed by atoms with Gasteiger partial charge in [0.05, 0.1) is 10.0 Å². The van der Waals surface area contributed by atoms with E-state index >= 15 is 0 Å². The van der Waals surface area contributed by atoms with E-state index in [0.717, 1.165) is 32.5 Å². The molecule has 116 valence electrons. The van der Waals surface area contributed by atoms with Crippen LogP contribution in [0.2, 0.25) is 10.0 Å². The molecule has 0 atom stereocenters. The van der Waals surface area contributed by atoms with Crippen LogP contribution in [0.4, 0.5) is 10.5 Å². The van der Waals surface area contributed by atoms with E-state index in [9.17, 15) is 4.79 Å². The Kier molecular flexibility index (Phi) is 6.15. The van der Waals surface area contributed by atoms with Crippen LogP contribution in [0.5, 0.6) is 0 Å². The third-order valence-corrected chi connectivity index (χ3v) is 4.52. The summed E-state index contributed by atoms with van der Waals surface area (Å²) < 4.78 is 0. The smallest absolute Gasteiger partial charge is 0.321 e. The Balaban J connectivity index is 1.94. The first-order valence-corrected chi connectivity index (χ1v) is 8.07. The molecule has 2 rings (SSSR count). The number of nitrogens with zero attached hydrogens (tertiary/aromatic N) is 1. The van der Waals surface area contributed by atoms with Gasteiger partial charge in [0.1, 0.15) is 0 Å². The largest absolute Gasteiger partial charge is 0.325 e. The molecule has 1 aromatic rings. The lowest BCUT2D eigenvalue weighted by Gasteiger charge is -2.29. The molecule has 1 heterocycles. The van der Waals surface area contributed by atoms with Crippen LogP contribution in [-0.2, 0) is 0 Å². The zero-order chi connectivity index (χ0) is 15.2. The zero-order valence-corrected chi connectivity index (χ0v) is 13.7. The first kappa shape index (κ1) is 16.4. The molecular formula is C15H21Cl2N3O. The van der Waals surface area contributed by atoms with E-state index < -0.39 is 0 Å². The van der Waals surface area contributed by atoms with Crippen molar-refractivity contribution in [2.24, 2.45) is 5.92 Å². The van der Waals surface area contributed by atoms with Crippen LogP contribution < -0.4 is 10.6 Å². The van der Waals surface area contributed by atoms with E-state index in [1.807, 2.05) is 11.8 Å². The molecule has 6 heteroatoms. The number of benzene rings is 1. The molecule has 1 aromatic carbocycles. The number of rotatable bonds is 4. The highest BCUT2D eigenvalue weighted by Gasteiger charge is 2.19. The molecule has 0 bridgehead atoms. The summed E-state index contributed by atoms with van der Waals surface area (Å²) in [6.07, 6.45) is 2.24. The summed E-state index contributed by atoms with van der Waals surface area (Å²) in [6.45, 7) is 5.56. The van der Waals surface area contributed by atoms with Crippen molar-refractivity contribution in [3.63, 3.8) is 0 Å². The van der Waals surface area contributed by atoms with Gasteiger partial charge in [-0.2, -0.15) is 0 Å². The Morgan fingerprint density at radius 3 is 2.67 bits per heavy atom. The van der Waals surface area contributed by atoms with Gasteiger partial charge in [0.15, 0.2) is 0 Å². The number of urea groups is 1. The maximum atomic E-state index is 12.3. The minimum Gasteiger partial charge on any atom is -0.325 e. The number of amides is 2. The van der Waals surface area contributed by atoms with Gasteiger partial charge in [-0.05, 0) is 57.0 Å². The molecule has 1 aliphatic heterocycles. The predicted octanol–water partition coefficient (Wildman–Crippen LogP) is 3.85. The summed E-state index contributed by atoms with van der Waals surface area (Å²) in [6, 6.07) is 5.02. The van der Waals surface area contributed by atoms with Crippen molar-refractivity contribution in [3.8, 4) is 0 Å². The van der Waals surface area contributed by atoms with E-state index in [-0.39, 0.29) is 6.03 Å². The highest BCUT2D eigenvalue weighted by Crippen LogP contribution is 2.25. The monoisotopic (exact) mass is 329 g/mol. The summed E-state index contributed by atoms with van der Waals surface area (Å²) in [5, 5.41) is 7.14. The Bertz CT molecular complexity index is 490. The van der Waals surface area contributed by atoms with E-state index in [0.29, 0.717) is 28.2 Å². The average Bonchev–Trinajstić information content (AvgIpc) is 2.49. The van der Waals surface area contributed by atoms with E-state index in [4.69, 9.17) is 23.2 Å². The quantitative estimate of drug-likeness (QED) is 0.881. The Hall–Kier alpha value is -0.970.